The second kappa shape index (κ2) is 8.37. The van der Waals surface area contributed by atoms with Crippen LogP contribution in [-0.4, -0.2) is 35.6 Å². The molecular formula is C26H26N8. The minimum absolute atomic E-state index is 0.515. The van der Waals surface area contributed by atoms with Gasteiger partial charge in [0.05, 0.1) is 5.52 Å². The molecule has 8 heteroatoms. The Hall–Kier alpha value is -4.07. The van der Waals surface area contributed by atoms with Crippen molar-refractivity contribution in [2.75, 3.05) is 5.73 Å². The van der Waals surface area contributed by atoms with E-state index in [0.717, 1.165) is 44.8 Å². The second-order valence-corrected chi connectivity index (χ2v) is 9.06. The lowest BCUT2D eigenvalue weighted by molar-refractivity contribution is 0.681. The van der Waals surface area contributed by atoms with Gasteiger partial charge in [0, 0.05) is 23.5 Å². The number of nitrogens with two attached hydrogens (primary N) is 1. The average Bonchev–Trinajstić information content (AvgIpc) is 3.64. The highest BCUT2D eigenvalue weighted by Crippen LogP contribution is 2.35. The number of pyridine rings is 1. The van der Waals surface area contributed by atoms with Crippen LogP contribution in [-0.2, 0) is 6.42 Å². The lowest BCUT2D eigenvalue weighted by Crippen LogP contribution is -2.03. The van der Waals surface area contributed by atoms with Crippen LogP contribution in [0.3, 0.4) is 0 Å². The highest BCUT2D eigenvalue weighted by atomic mass is 15.5. The van der Waals surface area contributed by atoms with Gasteiger partial charge in [-0.1, -0.05) is 61.4 Å². The fourth-order valence-electron chi connectivity index (χ4n) is 5.08. The number of aromatic nitrogens is 7. The second-order valence-electron chi connectivity index (χ2n) is 9.06. The van der Waals surface area contributed by atoms with Crippen molar-refractivity contribution >= 4 is 17.0 Å². The molecule has 0 bridgehead atoms. The fraction of sp³-hybridized carbons (Fsp3) is 0.269. The van der Waals surface area contributed by atoms with E-state index in [1.165, 1.54) is 31.2 Å². The molecule has 0 atom stereocenters. The number of hydrogen-bond donors (Lipinski definition) is 3. The highest BCUT2D eigenvalue weighted by molar-refractivity contribution is 5.81. The first-order valence-electron chi connectivity index (χ1n) is 11.7. The molecule has 0 saturated heterocycles. The van der Waals surface area contributed by atoms with E-state index < -0.39 is 0 Å². The molecule has 1 saturated carbocycles. The van der Waals surface area contributed by atoms with E-state index in [1.807, 2.05) is 18.2 Å². The van der Waals surface area contributed by atoms with E-state index in [1.54, 1.807) is 0 Å². The Bertz CT molecular complexity index is 1440. The fourth-order valence-corrected chi connectivity index (χ4v) is 5.08. The van der Waals surface area contributed by atoms with Crippen LogP contribution in [0.4, 0.5) is 5.82 Å². The molecular weight excluding hydrogens is 424 g/mol. The summed E-state index contributed by atoms with van der Waals surface area (Å²) in [7, 11) is 0. The third kappa shape index (κ3) is 3.61. The van der Waals surface area contributed by atoms with Gasteiger partial charge < -0.3 is 10.7 Å². The maximum Gasteiger partial charge on any atom is 0.205 e. The number of tetrazole rings is 1. The lowest BCUT2D eigenvalue weighted by atomic mass is 9.96. The van der Waals surface area contributed by atoms with Gasteiger partial charge in [0.15, 0.2) is 5.65 Å². The van der Waals surface area contributed by atoms with Crippen LogP contribution in [0.25, 0.3) is 33.7 Å². The van der Waals surface area contributed by atoms with E-state index in [0.29, 0.717) is 24.0 Å². The number of nitrogens with zero attached hydrogens (tertiary/aromatic N) is 5. The summed E-state index contributed by atoms with van der Waals surface area (Å²) in [6, 6.07) is 16.6. The molecule has 0 aliphatic heterocycles. The van der Waals surface area contributed by atoms with Gasteiger partial charge in [0.2, 0.25) is 5.82 Å². The van der Waals surface area contributed by atoms with E-state index in [4.69, 9.17) is 10.7 Å². The number of anilines is 1. The summed E-state index contributed by atoms with van der Waals surface area (Å²) < 4.78 is 0. The maximum absolute atomic E-state index is 6.41. The molecule has 6 rings (SSSR count). The van der Waals surface area contributed by atoms with Crippen molar-refractivity contribution in [3.05, 3.63) is 71.0 Å². The van der Waals surface area contributed by atoms with Gasteiger partial charge in [-0.25, -0.2) is 9.97 Å². The van der Waals surface area contributed by atoms with Gasteiger partial charge in [0.1, 0.15) is 11.6 Å². The number of hydrogen-bond acceptors (Lipinski definition) is 6. The minimum atomic E-state index is 0.515. The van der Waals surface area contributed by atoms with Crippen molar-refractivity contribution in [1.29, 1.82) is 0 Å². The molecule has 0 amide bonds. The van der Waals surface area contributed by atoms with Gasteiger partial charge in [0.25, 0.3) is 0 Å². The van der Waals surface area contributed by atoms with Crippen molar-refractivity contribution in [1.82, 2.24) is 35.6 Å². The summed E-state index contributed by atoms with van der Waals surface area (Å²) in [5, 5.41) is 14.5. The lowest BCUT2D eigenvalue weighted by Gasteiger charge is -2.11. The third-order valence-corrected chi connectivity index (χ3v) is 6.97. The summed E-state index contributed by atoms with van der Waals surface area (Å²) in [6.45, 7) is 2.11. The number of imidazole rings is 1. The van der Waals surface area contributed by atoms with Crippen molar-refractivity contribution in [3.8, 4) is 22.5 Å². The quantitative estimate of drug-likeness (QED) is 0.348. The predicted octanol–water partition coefficient (Wildman–Crippen LogP) is 4.94. The molecule has 1 aliphatic rings. The molecule has 3 aromatic heterocycles. The Morgan fingerprint density at radius 2 is 1.74 bits per heavy atom. The first-order valence-corrected chi connectivity index (χ1v) is 11.7. The Balaban J connectivity index is 1.30. The maximum atomic E-state index is 6.41. The molecule has 170 valence electrons. The van der Waals surface area contributed by atoms with Crippen molar-refractivity contribution in [2.45, 2.75) is 44.9 Å². The topological polar surface area (TPSA) is 122 Å². The largest absolute Gasteiger partial charge is 0.383 e. The van der Waals surface area contributed by atoms with E-state index >= 15 is 0 Å². The van der Waals surface area contributed by atoms with Gasteiger partial charge >= 0.3 is 0 Å². The molecule has 0 spiro atoms. The number of benzene rings is 2. The van der Waals surface area contributed by atoms with Crippen molar-refractivity contribution in [2.24, 2.45) is 0 Å². The molecule has 3 heterocycles. The molecule has 5 aromatic rings. The molecule has 0 radical (unpaired) electrons. The zero-order chi connectivity index (χ0) is 23.1. The summed E-state index contributed by atoms with van der Waals surface area (Å²) in [6.07, 6.45) is 5.66. The predicted molar refractivity (Wildman–Crippen MR) is 132 cm³/mol. The standard InChI is InChI=1S/C26H26N8/c1-15-21(23(27)29-26-22(15)28-24(30-26)18-6-2-3-7-18)14-16-10-12-17(13-11-16)19-8-4-5-9-20(19)25-31-33-34-32-25/h4-5,8-13,18H,2-3,6-7,14H2,1H3,(H3,27,28,29,30)(H,31,32,33,34). The molecule has 2 aromatic carbocycles. The normalized spacial score (nSPS) is 14.3. The summed E-state index contributed by atoms with van der Waals surface area (Å²) in [5.41, 5.74) is 14.6. The van der Waals surface area contributed by atoms with Crippen LogP contribution in [0, 0.1) is 6.92 Å². The van der Waals surface area contributed by atoms with Crippen LogP contribution < -0.4 is 5.73 Å². The van der Waals surface area contributed by atoms with Crippen molar-refractivity contribution in [3.63, 3.8) is 0 Å². The van der Waals surface area contributed by atoms with Crippen LogP contribution in [0.15, 0.2) is 48.5 Å². The summed E-state index contributed by atoms with van der Waals surface area (Å²) in [5.74, 6) is 2.71. The van der Waals surface area contributed by atoms with E-state index in [9.17, 15) is 0 Å². The Kier molecular flexibility index (Phi) is 5.05. The number of H-pyrrole nitrogens is 2. The zero-order valence-electron chi connectivity index (χ0n) is 19.0. The Morgan fingerprint density at radius 3 is 2.47 bits per heavy atom. The summed E-state index contributed by atoms with van der Waals surface area (Å²) >= 11 is 0. The van der Waals surface area contributed by atoms with Crippen LogP contribution in [0.1, 0.15) is 54.1 Å². The first-order chi connectivity index (χ1) is 16.7. The smallest absolute Gasteiger partial charge is 0.205 e. The Morgan fingerprint density at radius 1 is 0.971 bits per heavy atom. The number of aryl methyl sites for hydroxylation is 1. The van der Waals surface area contributed by atoms with Crippen LogP contribution >= 0.6 is 0 Å². The highest BCUT2D eigenvalue weighted by Gasteiger charge is 2.22. The summed E-state index contributed by atoms with van der Waals surface area (Å²) in [4.78, 5) is 13.0. The average molecular weight is 451 g/mol. The molecule has 1 fully saturated rings. The van der Waals surface area contributed by atoms with Gasteiger partial charge in [-0.3, -0.25) is 0 Å². The van der Waals surface area contributed by atoms with Gasteiger partial charge in [-0.15, -0.1) is 10.2 Å². The molecule has 4 N–H and O–H groups in total. The van der Waals surface area contributed by atoms with Crippen LogP contribution in [0.2, 0.25) is 0 Å². The molecule has 34 heavy (non-hydrogen) atoms. The molecule has 1 aliphatic carbocycles. The number of rotatable bonds is 5. The number of aromatic amines is 2. The number of fused-ring (bicyclic) bond motifs is 1. The zero-order valence-corrected chi connectivity index (χ0v) is 19.0. The molecule has 0 unspecified atom stereocenters. The van der Waals surface area contributed by atoms with E-state index in [2.05, 4.69) is 67.8 Å². The van der Waals surface area contributed by atoms with Gasteiger partial charge in [-0.2, -0.15) is 5.21 Å². The molecule has 8 nitrogen and oxygen atoms in total. The number of nitrogens with one attached hydrogen (secondary N) is 2. The van der Waals surface area contributed by atoms with Crippen LogP contribution in [0.5, 0.6) is 0 Å². The SMILES string of the molecule is Cc1c(Cc2ccc(-c3ccccc3-c3nn[nH]n3)cc2)c(N)nc2nc(C3CCCC3)[nH]c12. The van der Waals surface area contributed by atoms with E-state index in [-0.39, 0.29) is 0 Å². The first kappa shape index (κ1) is 20.5. The minimum Gasteiger partial charge on any atom is -0.383 e. The number of nitrogen functional groups attached to an aromatic ring is 1. The Labute approximate surface area is 197 Å². The van der Waals surface area contributed by atoms with Gasteiger partial charge in [-0.05, 0) is 47.2 Å². The van der Waals surface area contributed by atoms with Crippen molar-refractivity contribution < 1.29 is 0 Å². The monoisotopic (exact) mass is 450 g/mol. The third-order valence-electron chi connectivity index (χ3n) is 6.97.